The molecule has 0 aromatic carbocycles. The summed E-state index contributed by atoms with van der Waals surface area (Å²) >= 11 is 1.75. The highest BCUT2D eigenvalue weighted by Crippen LogP contribution is 2.38. The van der Waals surface area contributed by atoms with Gasteiger partial charge >= 0.3 is 0 Å². The Bertz CT molecular complexity index is 608. The number of hydrogen-bond donors (Lipinski definition) is 0. The number of rotatable bonds is 1. The molecule has 2 aliphatic carbocycles. The molecule has 3 nitrogen and oxygen atoms in total. The Labute approximate surface area is 110 Å². The van der Waals surface area contributed by atoms with Gasteiger partial charge in [-0.05, 0) is 37.7 Å². The predicted octanol–water partition coefficient (Wildman–Crippen LogP) is 3.39. The van der Waals surface area contributed by atoms with Crippen molar-refractivity contribution >= 4 is 11.3 Å². The van der Waals surface area contributed by atoms with E-state index in [9.17, 15) is 0 Å². The maximum atomic E-state index is 4.64. The molecule has 4 heteroatoms. The largest absolute Gasteiger partial charge is 0.257 e. The quantitative estimate of drug-likeness (QED) is 0.733. The molecule has 2 heterocycles. The lowest BCUT2D eigenvalue weighted by Crippen LogP contribution is -2.13. The van der Waals surface area contributed by atoms with Gasteiger partial charge in [0.05, 0.1) is 34.0 Å². The molecule has 4 rings (SSSR count). The average molecular weight is 257 g/mol. The van der Waals surface area contributed by atoms with Gasteiger partial charge in [-0.25, -0.2) is 4.98 Å². The Morgan fingerprint density at radius 2 is 2.33 bits per heavy atom. The number of fused-ring (bicyclic) bond motifs is 3. The minimum absolute atomic E-state index is 0.440. The van der Waals surface area contributed by atoms with Crippen LogP contribution in [0, 0.1) is 0 Å². The van der Waals surface area contributed by atoms with Crippen LogP contribution in [-0.2, 0) is 12.8 Å². The van der Waals surface area contributed by atoms with E-state index in [0.29, 0.717) is 6.04 Å². The van der Waals surface area contributed by atoms with E-state index in [1.807, 2.05) is 5.51 Å². The highest BCUT2D eigenvalue weighted by molar-refractivity contribution is 7.13. The number of hydrogen-bond acceptors (Lipinski definition) is 3. The van der Waals surface area contributed by atoms with Gasteiger partial charge in [0.25, 0.3) is 0 Å². The first-order chi connectivity index (χ1) is 8.93. The molecule has 0 amide bonds. The molecule has 0 saturated carbocycles. The van der Waals surface area contributed by atoms with Crippen molar-refractivity contribution in [2.75, 3.05) is 0 Å². The average Bonchev–Trinajstić information content (AvgIpc) is 3.05. The number of nitrogens with zero attached hydrogens (tertiary/aromatic N) is 3. The normalized spacial score (nSPS) is 21.7. The summed E-state index contributed by atoms with van der Waals surface area (Å²) in [5.74, 6) is 0. The van der Waals surface area contributed by atoms with Crippen molar-refractivity contribution in [1.82, 2.24) is 14.8 Å². The van der Waals surface area contributed by atoms with Crippen molar-refractivity contribution in [1.29, 1.82) is 0 Å². The first kappa shape index (κ1) is 10.5. The maximum Gasteiger partial charge on any atom is 0.0840 e. The summed E-state index contributed by atoms with van der Waals surface area (Å²) in [5, 5.41) is 4.64. The summed E-state index contributed by atoms with van der Waals surface area (Å²) in [6.45, 7) is 0. The second-order valence-electron chi connectivity index (χ2n) is 5.02. The fourth-order valence-corrected chi connectivity index (χ4v) is 3.89. The summed E-state index contributed by atoms with van der Waals surface area (Å²) in [5.41, 5.74) is 5.95. The fraction of sp³-hybridized carbons (Fsp3) is 0.429. The molecule has 0 bridgehead atoms. The third kappa shape index (κ3) is 1.48. The van der Waals surface area contributed by atoms with E-state index in [2.05, 4.69) is 33.1 Å². The third-order valence-electron chi connectivity index (χ3n) is 3.90. The van der Waals surface area contributed by atoms with Gasteiger partial charge in [0, 0.05) is 0 Å². The molecule has 0 saturated heterocycles. The monoisotopic (exact) mass is 257 g/mol. The Morgan fingerprint density at radius 3 is 3.22 bits per heavy atom. The van der Waals surface area contributed by atoms with Crippen LogP contribution in [0.1, 0.15) is 36.6 Å². The van der Waals surface area contributed by atoms with Crippen LogP contribution in [0.4, 0.5) is 0 Å². The Morgan fingerprint density at radius 1 is 1.33 bits per heavy atom. The molecule has 18 heavy (non-hydrogen) atoms. The van der Waals surface area contributed by atoms with Crippen molar-refractivity contribution < 1.29 is 0 Å². The van der Waals surface area contributed by atoms with Crippen LogP contribution in [-0.4, -0.2) is 14.8 Å². The second-order valence-corrected chi connectivity index (χ2v) is 5.87. The molecule has 1 unspecified atom stereocenters. The minimum atomic E-state index is 0.440. The van der Waals surface area contributed by atoms with E-state index >= 15 is 0 Å². The molecule has 92 valence electrons. The molecular weight excluding hydrogens is 242 g/mol. The zero-order chi connectivity index (χ0) is 11.9. The summed E-state index contributed by atoms with van der Waals surface area (Å²) in [4.78, 5) is 5.82. The molecule has 0 aliphatic heterocycles. The van der Waals surface area contributed by atoms with Crippen LogP contribution in [0.5, 0.6) is 0 Å². The van der Waals surface area contributed by atoms with Crippen LogP contribution in [0.15, 0.2) is 23.9 Å². The third-order valence-corrected chi connectivity index (χ3v) is 4.78. The first-order valence-corrected chi connectivity index (χ1v) is 7.47. The lowest BCUT2D eigenvalue weighted by Gasteiger charge is -2.21. The summed E-state index contributed by atoms with van der Waals surface area (Å²) in [6, 6.07) is 0.440. The lowest BCUT2D eigenvalue weighted by molar-refractivity contribution is 0.478. The molecule has 0 radical (unpaired) electrons. The molecule has 0 fully saturated rings. The van der Waals surface area contributed by atoms with Crippen LogP contribution < -0.4 is 0 Å². The van der Waals surface area contributed by atoms with Crippen LogP contribution in [0.25, 0.3) is 10.6 Å². The van der Waals surface area contributed by atoms with Gasteiger partial charge in [0.15, 0.2) is 0 Å². The van der Waals surface area contributed by atoms with Crippen molar-refractivity contribution in [2.45, 2.75) is 38.1 Å². The van der Waals surface area contributed by atoms with E-state index in [-0.39, 0.29) is 0 Å². The van der Waals surface area contributed by atoms with Gasteiger partial charge in [0.2, 0.25) is 0 Å². The van der Waals surface area contributed by atoms with Gasteiger partial charge in [-0.15, -0.1) is 11.3 Å². The topological polar surface area (TPSA) is 30.7 Å². The standard InChI is InChI=1S/C14H15N3S/c1-2-4-11(5-3-1)17-13-10(8-16-17)6-7-12-14(13)18-9-15-12/h2,4,8-9,11H,1,3,5-7H2. The second kappa shape index (κ2) is 4.05. The maximum absolute atomic E-state index is 4.64. The molecule has 2 aromatic rings. The minimum Gasteiger partial charge on any atom is -0.257 e. The number of allylic oxidation sites excluding steroid dienone is 2. The van der Waals surface area contributed by atoms with Gasteiger partial charge in [-0.3, -0.25) is 4.68 Å². The first-order valence-electron chi connectivity index (χ1n) is 6.59. The van der Waals surface area contributed by atoms with E-state index in [1.54, 1.807) is 11.3 Å². The van der Waals surface area contributed by atoms with E-state index < -0.39 is 0 Å². The highest BCUT2D eigenvalue weighted by Gasteiger charge is 2.25. The Kier molecular flexibility index (Phi) is 2.36. The smallest absolute Gasteiger partial charge is 0.0840 e. The van der Waals surface area contributed by atoms with E-state index in [1.165, 1.54) is 41.1 Å². The fourth-order valence-electron chi connectivity index (χ4n) is 2.97. The van der Waals surface area contributed by atoms with Crippen molar-refractivity contribution in [3.63, 3.8) is 0 Å². The zero-order valence-corrected chi connectivity index (χ0v) is 11.0. The van der Waals surface area contributed by atoms with Crippen molar-refractivity contribution in [2.24, 2.45) is 0 Å². The van der Waals surface area contributed by atoms with Crippen LogP contribution >= 0.6 is 11.3 Å². The highest BCUT2D eigenvalue weighted by atomic mass is 32.1. The molecular formula is C14H15N3S. The van der Waals surface area contributed by atoms with Crippen molar-refractivity contribution in [3.8, 4) is 10.6 Å². The number of aryl methyl sites for hydroxylation is 2. The summed E-state index contributed by atoms with van der Waals surface area (Å²) in [7, 11) is 0. The molecule has 2 aromatic heterocycles. The van der Waals surface area contributed by atoms with Crippen LogP contribution in [0.3, 0.4) is 0 Å². The van der Waals surface area contributed by atoms with E-state index in [0.717, 1.165) is 12.8 Å². The number of aromatic nitrogens is 3. The summed E-state index contributed by atoms with van der Waals surface area (Å²) < 4.78 is 2.22. The van der Waals surface area contributed by atoms with E-state index in [4.69, 9.17) is 0 Å². The summed E-state index contributed by atoms with van der Waals surface area (Å²) in [6.07, 6.45) is 12.5. The number of thiazole rings is 1. The van der Waals surface area contributed by atoms with Gasteiger partial charge < -0.3 is 0 Å². The Hall–Kier alpha value is -1.42. The van der Waals surface area contributed by atoms with Crippen molar-refractivity contribution in [3.05, 3.63) is 35.1 Å². The predicted molar refractivity (Wildman–Crippen MR) is 72.8 cm³/mol. The SMILES string of the molecule is C1=CC(n2ncc3c2-c2scnc2CC3)CCC1. The van der Waals surface area contributed by atoms with Gasteiger partial charge in [-0.1, -0.05) is 12.2 Å². The van der Waals surface area contributed by atoms with Gasteiger partial charge in [0.1, 0.15) is 0 Å². The Balaban J connectivity index is 1.86. The lowest BCUT2D eigenvalue weighted by atomic mass is 9.98. The molecule has 2 aliphatic rings. The van der Waals surface area contributed by atoms with Gasteiger partial charge in [-0.2, -0.15) is 5.10 Å². The molecule has 1 atom stereocenters. The molecule has 0 N–H and O–H groups in total. The zero-order valence-electron chi connectivity index (χ0n) is 10.2. The van der Waals surface area contributed by atoms with Crippen LogP contribution in [0.2, 0.25) is 0 Å². The molecule has 0 spiro atoms.